The van der Waals surface area contributed by atoms with E-state index in [9.17, 15) is 14.0 Å². The molecule has 0 bridgehead atoms. The van der Waals surface area contributed by atoms with Crippen molar-refractivity contribution in [2.24, 2.45) is 0 Å². The molecule has 0 unspecified atom stereocenters. The number of aromatic nitrogens is 2. The lowest BCUT2D eigenvalue weighted by Crippen LogP contribution is -2.50. The standard InChI is InChI=1S/C21H26ClFN4O3/c1-21(2,3)20-24-17(30-25-20)5-4-6-18(28)26-9-11-27(12-10-26)19(29)15-8-7-14(23)13-16(15)22/h7-8,13H,4-6,9-12H2,1-3H3. The second kappa shape index (κ2) is 9.12. The fourth-order valence-corrected chi connectivity index (χ4v) is 3.45. The number of hydrogen-bond acceptors (Lipinski definition) is 5. The summed E-state index contributed by atoms with van der Waals surface area (Å²) in [6, 6.07) is 3.73. The average molecular weight is 437 g/mol. The molecule has 0 spiro atoms. The number of carbonyl (C=O) groups is 2. The molecule has 1 saturated heterocycles. The molecule has 1 aliphatic rings. The van der Waals surface area contributed by atoms with E-state index in [2.05, 4.69) is 10.1 Å². The first-order chi connectivity index (χ1) is 14.1. The summed E-state index contributed by atoms with van der Waals surface area (Å²) in [6.07, 6.45) is 1.55. The third-order valence-corrected chi connectivity index (χ3v) is 5.31. The molecule has 0 aliphatic carbocycles. The maximum Gasteiger partial charge on any atom is 0.255 e. The number of amides is 2. The lowest BCUT2D eigenvalue weighted by Gasteiger charge is -2.35. The molecular formula is C21H26ClFN4O3. The molecule has 0 saturated carbocycles. The Morgan fingerprint density at radius 1 is 1.17 bits per heavy atom. The van der Waals surface area contributed by atoms with Crippen LogP contribution in [0.4, 0.5) is 4.39 Å². The fourth-order valence-electron chi connectivity index (χ4n) is 3.20. The predicted octanol–water partition coefficient (Wildman–Crippen LogP) is 3.47. The van der Waals surface area contributed by atoms with Gasteiger partial charge in [-0.25, -0.2) is 4.39 Å². The highest BCUT2D eigenvalue weighted by Gasteiger charge is 2.26. The molecular weight excluding hydrogens is 411 g/mol. The van der Waals surface area contributed by atoms with Crippen molar-refractivity contribution in [1.82, 2.24) is 19.9 Å². The van der Waals surface area contributed by atoms with Gasteiger partial charge in [-0.2, -0.15) is 4.98 Å². The van der Waals surface area contributed by atoms with Gasteiger partial charge in [0.15, 0.2) is 5.82 Å². The van der Waals surface area contributed by atoms with E-state index in [1.165, 1.54) is 12.1 Å². The lowest BCUT2D eigenvalue weighted by molar-refractivity contribution is -0.132. The van der Waals surface area contributed by atoms with Gasteiger partial charge in [-0.3, -0.25) is 9.59 Å². The van der Waals surface area contributed by atoms with Gasteiger partial charge in [0.2, 0.25) is 11.8 Å². The molecule has 1 aromatic heterocycles. The predicted molar refractivity (Wildman–Crippen MR) is 110 cm³/mol. The molecule has 1 fully saturated rings. The normalized spacial score (nSPS) is 14.8. The van der Waals surface area contributed by atoms with E-state index in [0.717, 1.165) is 6.07 Å². The zero-order valence-corrected chi connectivity index (χ0v) is 18.2. The van der Waals surface area contributed by atoms with Crippen molar-refractivity contribution in [2.75, 3.05) is 26.2 Å². The number of halogens is 2. The summed E-state index contributed by atoms with van der Waals surface area (Å²) in [7, 11) is 0. The van der Waals surface area contributed by atoms with Crippen LogP contribution >= 0.6 is 11.6 Å². The summed E-state index contributed by atoms with van der Waals surface area (Å²) in [5.41, 5.74) is 0.0966. The lowest BCUT2D eigenvalue weighted by atomic mass is 9.96. The zero-order valence-electron chi connectivity index (χ0n) is 17.5. The first kappa shape index (κ1) is 22.2. The quantitative estimate of drug-likeness (QED) is 0.717. The second-order valence-electron chi connectivity index (χ2n) is 8.41. The van der Waals surface area contributed by atoms with E-state index in [1.54, 1.807) is 9.80 Å². The average Bonchev–Trinajstić information content (AvgIpc) is 3.17. The summed E-state index contributed by atoms with van der Waals surface area (Å²) < 4.78 is 18.4. The van der Waals surface area contributed by atoms with Crippen LogP contribution in [0.2, 0.25) is 5.02 Å². The van der Waals surface area contributed by atoms with Gasteiger partial charge in [-0.15, -0.1) is 0 Å². The number of hydrogen-bond donors (Lipinski definition) is 0. The minimum Gasteiger partial charge on any atom is -0.339 e. The van der Waals surface area contributed by atoms with Crippen molar-refractivity contribution in [3.63, 3.8) is 0 Å². The van der Waals surface area contributed by atoms with Crippen molar-refractivity contribution in [1.29, 1.82) is 0 Å². The van der Waals surface area contributed by atoms with Crippen LogP contribution in [0.5, 0.6) is 0 Å². The Labute approximate surface area is 180 Å². The van der Waals surface area contributed by atoms with Gasteiger partial charge in [0, 0.05) is 44.4 Å². The highest BCUT2D eigenvalue weighted by molar-refractivity contribution is 6.33. The smallest absolute Gasteiger partial charge is 0.255 e. The molecule has 3 rings (SSSR count). The van der Waals surface area contributed by atoms with Gasteiger partial charge in [-0.1, -0.05) is 37.5 Å². The first-order valence-corrected chi connectivity index (χ1v) is 10.4. The third kappa shape index (κ3) is 5.36. The van der Waals surface area contributed by atoms with Gasteiger partial charge in [0.25, 0.3) is 5.91 Å². The fraction of sp³-hybridized carbons (Fsp3) is 0.524. The Kier molecular flexibility index (Phi) is 6.75. The minimum absolute atomic E-state index is 0.0393. The molecule has 9 heteroatoms. The topological polar surface area (TPSA) is 79.5 Å². The van der Waals surface area contributed by atoms with Gasteiger partial charge in [0.05, 0.1) is 10.6 Å². The van der Waals surface area contributed by atoms with Gasteiger partial charge < -0.3 is 14.3 Å². The number of benzene rings is 1. The Bertz CT molecular complexity index is 917. The molecule has 162 valence electrons. The van der Waals surface area contributed by atoms with Crippen LogP contribution in [0.3, 0.4) is 0 Å². The van der Waals surface area contributed by atoms with Crippen LogP contribution in [-0.2, 0) is 16.6 Å². The molecule has 1 aliphatic heterocycles. The van der Waals surface area contributed by atoms with E-state index in [-0.39, 0.29) is 27.8 Å². The van der Waals surface area contributed by atoms with Crippen LogP contribution in [0.15, 0.2) is 22.7 Å². The summed E-state index contributed by atoms with van der Waals surface area (Å²) in [6.45, 7) is 7.78. The molecule has 2 aromatic rings. The SMILES string of the molecule is CC(C)(C)c1noc(CCCC(=O)N2CCN(C(=O)c3ccc(F)cc3Cl)CC2)n1. The largest absolute Gasteiger partial charge is 0.339 e. The van der Waals surface area contributed by atoms with E-state index < -0.39 is 5.82 Å². The summed E-state index contributed by atoms with van der Waals surface area (Å²) in [4.78, 5) is 32.9. The minimum atomic E-state index is -0.484. The molecule has 0 N–H and O–H groups in total. The van der Waals surface area contributed by atoms with Crippen molar-refractivity contribution in [3.8, 4) is 0 Å². The van der Waals surface area contributed by atoms with Gasteiger partial charge >= 0.3 is 0 Å². The monoisotopic (exact) mass is 436 g/mol. The van der Waals surface area contributed by atoms with Crippen LogP contribution < -0.4 is 0 Å². The Morgan fingerprint density at radius 3 is 2.43 bits per heavy atom. The molecule has 2 heterocycles. The highest BCUT2D eigenvalue weighted by atomic mass is 35.5. The molecule has 7 nitrogen and oxygen atoms in total. The summed E-state index contributed by atoms with van der Waals surface area (Å²) >= 11 is 5.99. The highest BCUT2D eigenvalue weighted by Crippen LogP contribution is 2.21. The van der Waals surface area contributed by atoms with Crippen LogP contribution in [0.1, 0.15) is 55.7 Å². The van der Waals surface area contributed by atoms with Crippen LogP contribution in [0, 0.1) is 5.82 Å². The number of carbonyl (C=O) groups excluding carboxylic acids is 2. The van der Waals surface area contributed by atoms with Crippen molar-refractivity contribution in [3.05, 3.63) is 46.3 Å². The van der Waals surface area contributed by atoms with Crippen molar-refractivity contribution < 1.29 is 18.5 Å². The Balaban J connectivity index is 1.45. The molecule has 1 aromatic carbocycles. The number of piperazine rings is 1. The number of rotatable bonds is 5. The van der Waals surface area contributed by atoms with E-state index in [0.29, 0.717) is 57.2 Å². The maximum absolute atomic E-state index is 13.2. The Hall–Kier alpha value is -2.48. The maximum atomic E-state index is 13.2. The van der Waals surface area contributed by atoms with E-state index >= 15 is 0 Å². The summed E-state index contributed by atoms with van der Waals surface area (Å²) in [5.74, 6) is 0.503. The van der Waals surface area contributed by atoms with Gasteiger partial charge in [0.1, 0.15) is 5.82 Å². The van der Waals surface area contributed by atoms with E-state index in [4.69, 9.17) is 16.1 Å². The molecule has 2 amide bonds. The zero-order chi connectivity index (χ0) is 21.9. The van der Waals surface area contributed by atoms with Crippen molar-refractivity contribution in [2.45, 2.75) is 45.4 Å². The molecule has 0 radical (unpaired) electrons. The van der Waals surface area contributed by atoms with Crippen molar-refractivity contribution >= 4 is 23.4 Å². The third-order valence-electron chi connectivity index (χ3n) is 5.00. The Morgan fingerprint density at radius 2 is 1.83 bits per heavy atom. The second-order valence-corrected chi connectivity index (χ2v) is 8.82. The van der Waals surface area contributed by atoms with E-state index in [1.807, 2.05) is 20.8 Å². The molecule has 0 atom stereocenters. The molecule has 30 heavy (non-hydrogen) atoms. The van der Waals surface area contributed by atoms with Crippen LogP contribution in [0.25, 0.3) is 0 Å². The summed E-state index contributed by atoms with van der Waals surface area (Å²) in [5, 5.41) is 4.08. The number of nitrogens with zero attached hydrogens (tertiary/aromatic N) is 4. The first-order valence-electron chi connectivity index (χ1n) is 10.0. The van der Waals surface area contributed by atoms with Gasteiger partial charge in [-0.05, 0) is 24.6 Å². The van der Waals surface area contributed by atoms with Crippen LogP contribution in [-0.4, -0.2) is 57.9 Å². The number of aryl methyl sites for hydroxylation is 1.